The van der Waals surface area contributed by atoms with E-state index in [1.54, 1.807) is 0 Å². The first-order valence-corrected chi connectivity index (χ1v) is 9.30. The molecule has 7 heteroatoms. The summed E-state index contributed by atoms with van der Waals surface area (Å²) >= 11 is 6.20. The van der Waals surface area contributed by atoms with E-state index in [-0.39, 0.29) is 11.9 Å². The van der Waals surface area contributed by atoms with Crippen LogP contribution in [0.1, 0.15) is 30.0 Å². The summed E-state index contributed by atoms with van der Waals surface area (Å²) < 4.78 is 5.11. The van der Waals surface area contributed by atoms with Crippen LogP contribution in [0.5, 0.6) is 0 Å². The van der Waals surface area contributed by atoms with Gasteiger partial charge in [-0.1, -0.05) is 35.0 Å². The number of nitrogens with zero attached hydrogens (tertiary/aromatic N) is 3. The van der Waals surface area contributed by atoms with Gasteiger partial charge in [-0.25, -0.2) is 0 Å². The number of piperazine rings is 1. The normalized spacial score (nSPS) is 17.2. The highest BCUT2D eigenvalue weighted by Gasteiger charge is 2.21. The first kappa shape index (κ1) is 18.9. The minimum atomic E-state index is -0.104. The third kappa shape index (κ3) is 5.06. The van der Waals surface area contributed by atoms with Crippen molar-refractivity contribution in [1.29, 1.82) is 0 Å². The molecule has 0 radical (unpaired) electrons. The molecule has 2 heterocycles. The summed E-state index contributed by atoms with van der Waals surface area (Å²) in [6, 6.07) is 9.47. The number of nitrogens with one attached hydrogen (secondary N) is 1. The Bertz CT molecular complexity index is 741. The fraction of sp³-hybridized carbons (Fsp3) is 0.474. The van der Waals surface area contributed by atoms with Crippen molar-refractivity contribution in [3.8, 4) is 0 Å². The van der Waals surface area contributed by atoms with Crippen LogP contribution in [0.25, 0.3) is 0 Å². The number of hydrogen-bond acceptors (Lipinski definition) is 5. The number of hydrogen-bond donors (Lipinski definition) is 1. The Hall–Kier alpha value is -1.89. The standard InChI is InChI=1S/C19H25ClN4O2/c1-14-11-16(22-26-14)12-23-7-9-24(10-8-23)13-19(25)21-15(2)17-5-3-4-6-18(17)20/h3-6,11,15H,7-10,12-13H2,1-2H3,(H,21,25). The van der Waals surface area contributed by atoms with Crippen LogP contribution in [0.15, 0.2) is 34.9 Å². The third-order valence-electron chi connectivity index (χ3n) is 4.64. The largest absolute Gasteiger partial charge is 0.361 e. The van der Waals surface area contributed by atoms with Gasteiger partial charge in [0.1, 0.15) is 5.76 Å². The molecule has 1 saturated heterocycles. The summed E-state index contributed by atoms with van der Waals surface area (Å²) in [4.78, 5) is 16.9. The van der Waals surface area contributed by atoms with Gasteiger partial charge in [0, 0.05) is 43.8 Å². The van der Waals surface area contributed by atoms with Crippen LogP contribution in [0.3, 0.4) is 0 Å². The first-order valence-electron chi connectivity index (χ1n) is 8.92. The van der Waals surface area contributed by atoms with Crippen molar-refractivity contribution in [2.45, 2.75) is 26.4 Å². The Morgan fingerprint density at radius 1 is 1.27 bits per heavy atom. The molecule has 1 aromatic carbocycles. The molecule has 1 aliphatic rings. The van der Waals surface area contributed by atoms with Gasteiger partial charge in [-0.3, -0.25) is 14.6 Å². The lowest BCUT2D eigenvalue weighted by molar-refractivity contribution is -0.123. The molecule has 1 amide bonds. The van der Waals surface area contributed by atoms with Gasteiger partial charge >= 0.3 is 0 Å². The van der Waals surface area contributed by atoms with Gasteiger partial charge in [-0.2, -0.15) is 0 Å². The zero-order valence-electron chi connectivity index (χ0n) is 15.2. The van der Waals surface area contributed by atoms with Crippen molar-refractivity contribution in [1.82, 2.24) is 20.3 Å². The molecule has 0 spiro atoms. The number of rotatable bonds is 6. The van der Waals surface area contributed by atoms with Gasteiger partial charge in [0.2, 0.25) is 5.91 Å². The van der Waals surface area contributed by atoms with E-state index in [4.69, 9.17) is 16.1 Å². The van der Waals surface area contributed by atoms with Crippen LogP contribution in [0.4, 0.5) is 0 Å². The number of halogens is 1. The zero-order chi connectivity index (χ0) is 18.5. The summed E-state index contributed by atoms with van der Waals surface area (Å²) in [5.74, 6) is 0.862. The second-order valence-electron chi connectivity index (χ2n) is 6.79. The maximum atomic E-state index is 12.3. The molecule has 0 aliphatic carbocycles. The van der Waals surface area contributed by atoms with Gasteiger partial charge in [0.05, 0.1) is 18.3 Å². The molecular formula is C19H25ClN4O2. The van der Waals surface area contributed by atoms with Crippen molar-refractivity contribution in [3.05, 3.63) is 52.4 Å². The predicted molar refractivity (Wildman–Crippen MR) is 101 cm³/mol. The Morgan fingerprint density at radius 2 is 1.96 bits per heavy atom. The molecule has 1 unspecified atom stereocenters. The van der Waals surface area contributed by atoms with E-state index < -0.39 is 0 Å². The lowest BCUT2D eigenvalue weighted by atomic mass is 10.1. The molecule has 6 nitrogen and oxygen atoms in total. The van der Waals surface area contributed by atoms with Crippen molar-refractivity contribution in [2.75, 3.05) is 32.7 Å². The summed E-state index contributed by atoms with van der Waals surface area (Å²) in [5.41, 5.74) is 1.90. The summed E-state index contributed by atoms with van der Waals surface area (Å²) in [5, 5.41) is 7.76. The quantitative estimate of drug-likeness (QED) is 0.839. The lowest BCUT2D eigenvalue weighted by Gasteiger charge is -2.34. The number of benzene rings is 1. The molecule has 1 N–H and O–H groups in total. The van der Waals surface area contributed by atoms with Crippen molar-refractivity contribution >= 4 is 17.5 Å². The van der Waals surface area contributed by atoms with Crippen LogP contribution in [-0.2, 0) is 11.3 Å². The highest BCUT2D eigenvalue weighted by molar-refractivity contribution is 6.31. The summed E-state index contributed by atoms with van der Waals surface area (Å²) in [7, 11) is 0. The van der Waals surface area contributed by atoms with Crippen LogP contribution in [0.2, 0.25) is 5.02 Å². The van der Waals surface area contributed by atoms with Crippen molar-refractivity contribution in [3.63, 3.8) is 0 Å². The highest BCUT2D eigenvalue weighted by atomic mass is 35.5. The second-order valence-corrected chi connectivity index (χ2v) is 7.20. The molecule has 140 valence electrons. The van der Waals surface area contributed by atoms with Gasteiger partial charge in [0.25, 0.3) is 0 Å². The first-order chi connectivity index (χ1) is 12.5. The minimum absolute atomic E-state index is 0.0259. The SMILES string of the molecule is Cc1cc(CN2CCN(CC(=O)NC(C)c3ccccc3Cl)CC2)no1. The number of carbonyl (C=O) groups excluding carboxylic acids is 1. The molecular weight excluding hydrogens is 352 g/mol. The van der Waals surface area contributed by atoms with Crippen LogP contribution < -0.4 is 5.32 Å². The molecule has 1 atom stereocenters. The molecule has 0 saturated carbocycles. The molecule has 2 aromatic rings. The third-order valence-corrected chi connectivity index (χ3v) is 4.99. The predicted octanol–water partition coefficient (Wildman–Crippen LogP) is 2.63. The molecule has 26 heavy (non-hydrogen) atoms. The van der Waals surface area contributed by atoms with Gasteiger partial charge in [0.15, 0.2) is 0 Å². The molecule has 1 fully saturated rings. The van der Waals surface area contributed by atoms with Crippen LogP contribution >= 0.6 is 11.6 Å². The van der Waals surface area contributed by atoms with Crippen LogP contribution in [-0.4, -0.2) is 53.6 Å². The molecule has 3 rings (SSSR count). The number of amides is 1. The average molecular weight is 377 g/mol. The lowest BCUT2D eigenvalue weighted by Crippen LogP contribution is -2.49. The topological polar surface area (TPSA) is 61.6 Å². The number of aryl methyl sites for hydroxylation is 1. The van der Waals surface area contributed by atoms with Gasteiger partial charge < -0.3 is 9.84 Å². The fourth-order valence-electron chi connectivity index (χ4n) is 3.22. The summed E-state index contributed by atoms with van der Waals surface area (Å²) in [6.07, 6.45) is 0. The van der Waals surface area contributed by atoms with E-state index in [1.807, 2.05) is 44.2 Å². The van der Waals surface area contributed by atoms with E-state index in [1.165, 1.54) is 0 Å². The average Bonchev–Trinajstić information content (AvgIpc) is 3.01. The van der Waals surface area contributed by atoms with E-state index in [9.17, 15) is 4.79 Å². The molecule has 0 bridgehead atoms. The van der Waals surface area contributed by atoms with Gasteiger partial charge in [-0.05, 0) is 25.5 Å². The number of aromatic nitrogens is 1. The smallest absolute Gasteiger partial charge is 0.234 e. The Labute approximate surface area is 159 Å². The zero-order valence-corrected chi connectivity index (χ0v) is 16.0. The van der Waals surface area contributed by atoms with Crippen molar-refractivity contribution in [2.24, 2.45) is 0 Å². The molecule has 1 aromatic heterocycles. The maximum absolute atomic E-state index is 12.3. The number of carbonyl (C=O) groups is 1. The minimum Gasteiger partial charge on any atom is -0.361 e. The van der Waals surface area contributed by atoms with E-state index in [0.717, 1.165) is 49.7 Å². The van der Waals surface area contributed by atoms with E-state index >= 15 is 0 Å². The Balaban J connectivity index is 1.42. The Kier molecular flexibility index (Phi) is 6.29. The van der Waals surface area contributed by atoms with Crippen LogP contribution in [0, 0.1) is 6.92 Å². The Morgan fingerprint density at radius 3 is 2.62 bits per heavy atom. The maximum Gasteiger partial charge on any atom is 0.234 e. The fourth-order valence-corrected chi connectivity index (χ4v) is 3.52. The summed E-state index contributed by atoms with van der Waals surface area (Å²) in [6.45, 7) is 8.62. The monoisotopic (exact) mass is 376 g/mol. The second kappa shape index (κ2) is 8.66. The van der Waals surface area contributed by atoms with Crippen molar-refractivity contribution < 1.29 is 9.32 Å². The van der Waals surface area contributed by atoms with E-state index in [2.05, 4.69) is 20.3 Å². The highest BCUT2D eigenvalue weighted by Crippen LogP contribution is 2.22. The van der Waals surface area contributed by atoms with Gasteiger partial charge in [-0.15, -0.1) is 0 Å². The molecule has 1 aliphatic heterocycles. The van der Waals surface area contributed by atoms with E-state index in [0.29, 0.717) is 11.6 Å².